The average Bonchev–Trinajstić information content (AvgIpc) is 2.87. The summed E-state index contributed by atoms with van der Waals surface area (Å²) in [6.45, 7) is 4.20. The van der Waals surface area contributed by atoms with Gasteiger partial charge in [-0.2, -0.15) is 13.2 Å². The quantitative estimate of drug-likeness (QED) is 0.279. The van der Waals surface area contributed by atoms with Crippen molar-refractivity contribution in [3.05, 3.63) is 114 Å². The molecule has 2 nitrogen and oxygen atoms in total. The number of benzene rings is 4. The number of para-hydroxylation sites is 1. The van der Waals surface area contributed by atoms with Crippen LogP contribution in [-0.2, 0) is 6.18 Å². The van der Waals surface area contributed by atoms with Crippen LogP contribution in [0.4, 0.5) is 13.2 Å². The van der Waals surface area contributed by atoms with E-state index >= 15 is 0 Å². The van der Waals surface area contributed by atoms with Gasteiger partial charge in [0.25, 0.3) is 0 Å². The predicted molar refractivity (Wildman–Crippen MR) is 136 cm³/mol. The lowest BCUT2D eigenvalue weighted by molar-refractivity contribution is -0.137. The standard InChI is InChI=1S/C30H25F3N2/c1-19(24-12-7-9-21-8-3-4-10-25(21)24)34-20(2)29-18-27(26-11-5-6-13-28(26)35-29)22-14-16-23(17-15-22)30(31,32)33/h3-20,34H,1-2H3. The van der Waals surface area contributed by atoms with Gasteiger partial charge in [-0.3, -0.25) is 4.98 Å². The lowest BCUT2D eigenvalue weighted by Crippen LogP contribution is -2.23. The van der Waals surface area contributed by atoms with Gasteiger partial charge in [-0.1, -0.05) is 72.8 Å². The number of pyridine rings is 1. The summed E-state index contributed by atoms with van der Waals surface area (Å²) in [5, 5.41) is 6.98. The maximum atomic E-state index is 13.1. The molecule has 0 saturated heterocycles. The number of alkyl halides is 3. The number of nitrogens with zero attached hydrogens (tertiary/aromatic N) is 1. The van der Waals surface area contributed by atoms with Gasteiger partial charge in [-0.05, 0) is 65.6 Å². The molecule has 0 amide bonds. The van der Waals surface area contributed by atoms with Gasteiger partial charge in [-0.15, -0.1) is 0 Å². The first-order valence-corrected chi connectivity index (χ1v) is 11.6. The van der Waals surface area contributed by atoms with Crippen LogP contribution in [0.3, 0.4) is 0 Å². The van der Waals surface area contributed by atoms with E-state index in [0.29, 0.717) is 0 Å². The summed E-state index contributed by atoms with van der Waals surface area (Å²) in [6, 6.07) is 29.7. The second kappa shape index (κ2) is 9.16. The summed E-state index contributed by atoms with van der Waals surface area (Å²) >= 11 is 0. The maximum Gasteiger partial charge on any atom is 0.416 e. The lowest BCUT2D eigenvalue weighted by atomic mass is 9.96. The van der Waals surface area contributed by atoms with Crippen molar-refractivity contribution in [3.63, 3.8) is 0 Å². The van der Waals surface area contributed by atoms with Crippen molar-refractivity contribution in [1.29, 1.82) is 0 Å². The Morgan fingerprint density at radius 2 is 1.37 bits per heavy atom. The Bertz CT molecular complexity index is 1480. The number of nitrogens with one attached hydrogen (secondary N) is 1. The van der Waals surface area contributed by atoms with Gasteiger partial charge in [0.05, 0.1) is 16.8 Å². The number of hydrogen-bond acceptors (Lipinski definition) is 2. The van der Waals surface area contributed by atoms with Crippen molar-refractivity contribution in [2.75, 3.05) is 0 Å². The molecule has 35 heavy (non-hydrogen) atoms. The largest absolute Gasteiger partial charge is 0.416 e. The Kier molecular flexibility index (Phi) is 6.03. The SMILES string of the molecule is CC(NC(C)c1cccc2ccccc12)c1cc(-c2ccc(C(F)(F)F)cc2)c2ccccc2n1. The normalized spacial score (nSPS) is 13.7. The van der Waals surface area contributed by atoms with Crippen LogP contribution in [0.5, 0.6) is 0 Å². The Morgan fingerprint density at radius 3 is 2.11 bits per heavy atom. The summed E-state index contributed by atoms with van der Waals surface area (Å²) in [5.41, 5.74) is 3.80. The zero-order chi connectivity index (χ0) is 24.6. The van der Waals surface area contributed by atoms with Crippen LogP contribution in [0.2, 0.25) is 0 Å². The molecule has 0 aliphatic rings. The minimum absolute atomic E-state index is 0.0684. The van der Waals surface area contributed by atoms with Gasteiger partial charge in [-0.25, -0.2) is 0 Å². The third-order valence-corrected chi connectivity index (χ3v) is 6.49. The first-order chi connectivity index (χ1) is 16.8. The van der Waals surface area contributed by atoms with E-state index in [9.17, 15) is 13.2 Å². The highest BCUT2D eigenvalue weighted by atomic mass is 19.4. The molecule has 1 heterocycles. The highest BCUT2D eigenvalue weighted by molar-refractivity contribution is 5.94. The highest BCUT2D eigenvalue weighted by Crippen LogP contribution is 2.34. The number of rotatable bonds is 5. The summed E-state index contributed by atoms with van der Waals surface area (Å²) in [4.78, 5) is 4.88. The van der Waals surface area contributed by atoms with Crippen molar-refractivity contribution >= 4 is 21.7 Å². The molecule has 0 radical (unpaired) electrons. The summed E-state index contributed by atoms with van der Waals surface area (Å²) in [5.74, 6) is 0. The Morgan fingerprint density at radius 1 is 0.714 bits per heavy atom. The zero-order valence-electron chi connectivity index (χ0n) is 19.5. The fourth-order valence-corrected chi connectivity index (χ4v) is 4.67. The Balaban J connectivity index is 1.51. The zero-order valence-corrected chi connectivity index (χ0v) is 19.5. The molecule has 5 heteroatoms. The van der Waals surface area contributed by atoms with Gasteiger partial charge in [0.2, 0.25) is 0 Å². The van der Waals surface area contributed by atoms with E-state index in [0.717, 1.165) is 39.9 Å². The van der Waals surface area contributed by atoms with Gasteiger partial charge in [0.15, 0.2) is 0 Å². The molecular formula is C30H25F3N2. The van der Waals surface area contributed by atoms with Crippen molar-refractivity contribution < 1.29 is 13.2 Å². The summed E-state index contributed by atoms with van der Waals surface area (Å²) in [6.07, 6.45) is -4.36. The Hall–Kier alpha value is -3.70. The number of fused-ring (bicyclic) bond motifs is 2. The molecule has 0 aliphatic carbocycles. The van der Waals surface area contributed by atoms with Crippen LogP contribution in [-0.4, -0.2) is 4.98 Å². The van der Waals surface area contributed by atoms with Crippen molar-refractivity contribution in [2.45, 2.75) is 32.1 Å². The second-order valence-corrected chi connectivity index (χ2v) is 8.87. The third kappa shape index (κ3) is 4.64. The highest BCUT2D eigenvalue weighted by Gasteiger charge is 2.30. The molecular weight excluding hydrogens is 445 g/mol. The topological polar surface area (TPSA) is 24.9 Å². The monoisotopic (exact) mass is 470 g/mol. The van der Waals surface area contributed by atoms with E-state index < -0.39 is 11.7 Å². The van der Waals surface area contributed by atoms with Crippen LogP contribution in [0.15, 0.2) is 97.1 Å². The van der Waals surface area contributed by atoms with E-state index in [1.165, 1.54) is 28.5 Å². The van der Waals surface area contributed by atoms with Gasteiger partial charge >= 0.3 is 6.18 Å². The molecule has 5 rings (SSSR count). The van der Waals surface area contributed by atoms with E-state index in [-0.39, 0.29) is 12.1 Å². The molecule has 1 aromatic heterocycles. The minimum Gasteiger partial charge on any atom is -0.302 e. The maximum absolute atomic E-state index is 13.1. The van der Waals surface area contributed by atoms with Gasteiger partial charge < -0.3 is 5.32 Å². The molecule has 0 saturated carbocycles. The number of aromatic nitrogens is 1. The molecule has 0 spiro atoms. The molecule has 5 aromatic rings. The smallest absolute Gasteiger partial charge is 0.302 e. The van der Waals surface area contributed by atoms with Crippen molar-refractivity contribution in [1.82, 2.24) is 10.3 Å². The van der Waals surface area contributed by atoms with E-state index in [2.05, 4.69) is 49.5 Å². The molecule has 2 atom stereocenters. The van der Waals surface area contributed by atoms with Crippen LogP contribution in [0, 0.1) is 0 Å². The Labute approximate surface area is 202 Å². The molecule has 1 N–H and O–H groups in total. The molecule has 2 unspecified atom stereocenters. The molecule has 4 aromatic carbocycles. The number of halogens is 3. The first kappa shape index (κ1) is 23.1. The van der Waals surface area contributed by atoms with Crippen molar-refractivity contribution in [2.24, 2.45) is 0 Å². The summed E-state index contributed by atoms with van der Waals surface area (Å²) < 4.78 is 39.3. The van der Waals surface area contributed by atoms with Crippen LogP contribution in [0.25, 0.3) is 32.8 Å². The predicted octanol–water partition coefficient (Wildman–Crippen LogP) is 8.49. The molecule has 0 bridgehead atoms. The van der Waals surface area contributed by atoms with E-state index in [1.54, 1.807) is 0 Å². The summed E-state index contributed by atoms with van der Waals surface area (Å²) in [7, 11) is 0. The van der Waals surface area contributed by atoms with E-state index in [4.69, 9.17) is 4.98 Å². The van der Waals surface area contributed by atoms with E-state index in [1.807, 2.05) is 42.5 Å². The molecule has 176 valence electrons. The second-order valence-electron chi connectivity index (χ2n) is 8.87. The molecule has 0 aliphatic heterocycles. The number of hydrogen-bond donors (Lipinski definition) is 1. The van der Waals surface area contributed by atoms with Crippen molar-refractivity contribution in [3.8, 4) is 11.1 Å². The third-order valence-electron chi connectivity index (χ3n) is 6.49. The van der Waals surface area contributed by atoms with Crippen LogP contribution < -0.4 is 5.32 Å². The lowest BCUT2D eigenvalue weighted by Gasteiger charge is -2.22. The van der Waals surface area contributed by atoms with Gasteiger partial charge in [0.1, 0.15) is 0 Å². The van der Waals surface area contributed by atoms with Crippen LogP contribution in [0.1, 0.15) is 42.8 Å². The minimum atomic E-state index is -4.36. The first-order valence-electron chi connectivity index (χ1n) is 11.6. The van der Waals surface area contributed by atoms with Crippen LogP contribution >= 0.6 is 0 Å². The molecule has 0 fully saturated rings. The van der Waals surface area contributed by atoms with Gasteiger partial charge in [0, 0.05) is 17.5 Å². The average molecular weight is 471 g/mol. The fourth-order valence-electron chi connectivity index (χ4n) is 4.67. The fraction of sp³-hybridized carbons (Fsp3) is 0.167.